The van der Waals surface area contributed by atoms with Crippen LogP contribution in [0.15, 0.2) is 53.7 Å². The van der Waals surface area contributed by atoms with Crippen molar-refractivity contribution in [2.45, 2.75) is 6.61 Å². The molecule has 0 heterocycles. The van der Waals surface area contributed by atoms with Crippen LogP contribution in [0.4, 0.5) is 0 Å². The molecule has 0 unspecified atom stereocenters. The third-order valence-corrected chi connectivity index (χ3v) is 2.78. The lowest BCUT2D eigenvalue weighted by Gasteiger charge is -2.04. The first-order chi connectivity index (χ1) is 10.2. The Balaban J connectivity index is 2.05. The number of esters is 1. The largest absolute Gasteiger partial charge is 0.508 e. The molecule has 0 radical (unpaired) electrons. The van der Waals surface area contributed by atoms with Crippen LogP contribution in [0.2, 0.25) is 0 Å². The number of oxime groups is 1. The number of nitrogens with zero attached hydrogens (tertiary/aromatic N) is 1. The van der Waals surface area contributed by atoms with Crippen LogP contribution in [-0.4, -0.2) is 24.4 Å². The van der Waals surface area contributed by atoms with E-state index in [-0.39, 0.29) is 11.3 Å². The molecule has 2 rings (SSSR count). The summed E-state index contributed by atoms with van der Waals surface area (Å²) in [6.45, 7) is 0.336. The lowest BCUT2D eigenvalue weighted by atomic mass is 10.1. The van der Waals surface area contributed by atoms with Crippen LogP contribution < -0.4 is 0 Å². The number of aromatic hydroxyl groups is 1. The normalized spacial score (nSPS) is 10.5. The van der Waals surface area contributed by atoms with E-state index in [1.54, 1.807) is 6.07 Å². The lowest BCUT2D eigenvalue weighted by molar-refractivity contribution is 0.0600. The Labute approximate surface area is 122 Å². The molecule has 1 N–H and O–H groups in total. The van der Waals surface area contributed by atoms with E-state index in [4.69, 9.17) is 4.84 Å². The van der Waals surface area contributed by atoms with Gasteiger partial charge in [0.1, 0.15) is 12.4 Å². The zero-order chi connectivity index (χ0) is 15.1. The lowest BCUT2D eigenvalue weighted by Crippen LogP contribution is -2.05. The maximum atomic E-state index is 11.6. The Morgan fingerprint density at radius 3 is 2.71 bits per heavy atom. The van der Waals surface area contributed by atoms with Crippen LogP contribution in [0.25, 0.3) is 0 Å². The molecule has 2 aromatic carbocycles. The maximum absolute atomic E-state index is 11.6. The van der Waals surface area contributed by atoms with Crippen molar-refractivity contribution in [3.8, 4) is 5.75 Å². The molecule has 0 bridgehead atoms. The van der Waals surface area contributed by atoms with Crippen molar-refractivity contribution < 1.29 is 19.5 Å². The van der Waals surface area contributed by atoms with Gasteiger partial charge in [0.2, 0.25) is 0 Å². The highest BCUT2D eigenvalue weighted by molar-refractivity contribution is 5.99. The molecular weight excluding hydrogens is 270 g/mol. The Morgan fingerprint density at radius 1 is 1.24 bits per heavy atom. The van der Waals surface area contributed by atoms with E-state index in [1.807, 2.05) is 30.3 Å². The minimum atomic E-state index is -0.546. The molecular formula is C16H15NO4. The van der Waals surface area contributed by atoms with Crippen LogP contribution in [0.5, 0.6) is 5.75 Å². The fraction of sp³-hybridized carbons (Fsp3) is 0.125. The van der Waals surface area contributed by atoms with E-state index < -0.39 is 5.97 Å². The molecule has 108 valence electrons. The van der Waals surface area contributed by atoms with Gasteiger partial charge in [-0.2, -0.15) is 0 Å². The molecule has 21 heavy (non-hydrogen) atoms. The monoisotopic (exact) mass is 285 g/mol. The minimum absolute atomic E-state index is 0.0160. The molecule has 0 saturated carbocycles. The fourth-order valence-corrected chi connectivity index (χ4v) is 1.72. The zero-order valence-electron chi connectivity index (χ0n) is 11.5. The van der Waals surface area contributed by atoms with Crippen molar-refractivity contribution in [2.24, 2.45) is 5.16 Å². The number of ether oxygens (including phenoxy) is 1. The predicted molar refractivity (Wildman–Crippen MR) is 78.3 cm³/mol. The first-order valence-electron chi connectivity index (χ1n) is 6.31. The van der Waals surface area contributed by atoms with Crippen LogP contribution in [-0.2, 0) is 16.2 Å². The van der Waals surface area contributed by atoms with Crippen molar-refractivity contribution in [2.75, 3.05) is 7.11 Å². The number of methoxy groups -OCH3 is 1. The Hall–Kier alpha value is -2.82. The quantitative estimate of drug-likeness (QED) is 0.521. The summed E-state index contributed by atoms with van der Waals surface area (Å²) < 4.78 is 4.66. The second-order valence-electron chi connectivity index (χ2n) is 4.26. The summed E-state index contributed by atoms with van der Waals surface area (Å²) in [5.41, 5.74) is 1.73. The van der Waals surface area contributed by atoms with Crippen molar-refractivity contribution in [3.63, 3.8) is 0 Å². The fourth-order valence-electron chi connectivity index (χ4n) is 1.72. The number of carbonyl (C=O) groups is 1. The van der Waals surface area contributed by atoms with E-state index in [9.17, 15) is 9.90 Å². The van der Waals surface area contributed by atoms with Gasteiger partial charge < -0.3 is 14.7 Å². The standard InChI is InChI=1S/C16H15NO4/c1-20-16(19)15-9-14(18)8-7-13(15)10-17-21-11-12-5-3-2-4-6-12/h2-10,18H,11H2,1H3/b17-10-. The summed E-state index contributed by atoms with van der Waals surface area (Å²) in [6.07, 6.45) is 1.41. The van der Waals surface area contributed by atoms with Crippen molar-refractivity contribution in [1.82, 2.24) is 0 Å². The first-order valence-corrected chi connectivity index (χ1v) is 6.31. The van der Waals surface area contributed by atoms with Gasteiger partial charge in [0, 0.05) is 5.56 Å². The first kappa shape index (κ1) is 14.6. The van der Waals surface area contributed by atoms with Crippen molar-refractivity contribution in [1.29, 1.82) is 0 Å². The van der Waals surface area contributed by atoms with Gasteiger partial charge >= 0.3 is 5.97 Å². The summed E-state index contributed by atoms with van der Waals surface area (Å²) in [5, 5.41) is 13.2. The van der Waals surface area contributed by atoms with Gasteiger partial charge in [-0.05, 0) is 23.8 Å². The average molecular weight is 285 g/mol. The summed E-state index contributed by atoms with van der Waals surface area (Å²) >= 11 is 0. The molecule has 0 fully saturated rings. The smallest absolute Gasteiger partial charge is 0.338 e. The summed E-state index contributed by atoms with van der Waals surface area (Å²) in [5.74, 6) is -0.562. The van der Waals surface area contributed by atoms with Crippen LogP contribution in [0.1, 0.15) is 21.5 Å². The van der Waals surface area contributed by atoms with Gasteiger partial charge in [0.05, 0.1) is 18.9 Å². The molecule has 0 aliphatic rings. The maximum Gasteiger partial charge on any atom is 0.338 e. The van der Waals surface area contributed by atoms with Gasteiger partial charge in [0.25, 0.3) is 0 Å². The number of carbonyl (C=O) groups excluding carboxylic acids is 1. The van der Waals surface area contributed by atoms with Crippen molar-refractivity contribution >= 4 is 12.2 Å². The molecule has 0 atom stereocenters. The molecule has 0 spiro atoms. The molecule has 0 saturated heterocycles. The third-order valence-electron chi connectivity index (χ3n) is 2.78. The molecule has 2 aromatic rings. The Bertz CT molecular complexity index is 638. The number of hydrogen-bond donors (Lipinski definition) is 1. The second kappa shape index (κ2) is 7.09. The predicted octanol–water partition coefficient (Wildman–Crippen LogP) is 2.73. The number of phenols is 1. The average Bonchev–Trinajstić information content (AvgIpc) is 2.53. The Kier molecular flexibility index (Phi) is 4.93. The summed E-state index contributed by atoms with van der Waals surface area (Å²) in [6, 6.07) is 14.0. The van der Waals surface area contributed by atoms with E-state index >= 15 is 0 Å². The number of rotatable bonds is 5. The van der Waals surface area contributed by atoms with Crippen LogP contribution >= 0.6 is 0 Å². The molecule has 0 aliphatic heterocycles. The van der Waals surface area contributed by atoms with Gasteiger partial charge in [-0.25, -0.2) is 4.79 Å². The number of phenolic OH excluding ortho intramolecular Hbond substituents is 1. The molecule has 5 nitrogen and oxygen atoms in total. The number of benzene rings is 2. The van der Waals surface area contributed by atoms with Gasteiger partial charge in [-0.1, -0.05) is 35.5 Å². The van der Waals surface area contributed by atoms with Crippen molar-refractivity contribution in [3.05, 3.63) is 65.2 Å². The van der Waals surface area contributed by atoms with Crippen LogP contribution in [0.3, 0.4) is 0 Å². The highest BCUT2D eigenvalue weighted by Crippen LogP contribution is 2.16. The molecule has 0 aliphatic carbocycles. The summed E-state index contributed by atoms with van der Waals surface area (Å²) in [7, 11) is 1.28. The van der Waals surface area contributed by atoms with E-state index in [0.29, 0.717) is 12.2 Å². The SMILES string of the molecule is COC(=O)c1cc(O)ccc1/C=N\OCc1ccccc1. The van der Waals surface area contributed by atoms with E-state index in [1.165, 1.54) is 25.5 Å². The molecule has 0 amide bonds. The van der Waals surface area contributed by atoms with E-state index in [2.05, 4.69) is 9.89 Å². The van der Waals surface area contributed by atoms with Gasteiger partial charge in [-0.15, -0.1) is 0 Å². The number of hydrogen-bond acceptors (Lipinski definition) is 5. The van der Waals surface area contributed by atoms with E-state index in [0.717, 1.165) is 5.56 Å². The highest BCUT2D eigenvalue weighted by Gasteiger charge is 2.11. The summed E-state index contributed by atoms with van der Waals surface area (Å²) in [4.78, 5) is 16.8. The second-order valence-corrected chi connectivity index (χ2v) is 4.26. The Morgan fingerprint density at radius 2 is 2.00 bits per heavy atom. The molecule has 0 aromatic heterocycles. The van der Waals surface area contributed by atoms with Crippen LogP contribution in [0, 0.1) is 0 Å². The van der Waals surface area contributed by atoms with Gasteiger partial charge in [0.15, 0.2) is 0 Å². The minimum Gasteiger partial charge on any atom is -0.508 e. The zero-order valence-corrected chi connectivity index (χ0v) is 11.5. The topological polar surface area (TPSA) is 68.1 Å². The van der Waals surface area contributed by atoms with Gasteiger partial charge in [-0.3, -0.25) is 0 Å². The highest BCUT2D eigenvalue weighted by atomic mass is 16.6. The third kappa shape index (κ3) is 4.07. The molecule has 5 heteroatoms.